The van der Waals surface area contributed by atoms with E-state index in [1.165, 1.54) is 12.1 Å². The number of hydrogen-bond donors (Lipinski definition) is 2. The molecule has 2 N–H and O–H groups in total. The van der Waals surface area contributed by atoms with Crippen LogP contribution in [-0.4, -0.2) is 27.9 Å². The molecular weight excluding hydrogens is 287 g/mol. The fourth-order valence-corrected chi connectivity index (χ4v) is 2.52. The number of benzene rings is 1. The van der Waals surface area contributed by atoms with E-state index in [2.05, 4.69) is 15.6 Å². The predicted octanol–water partition coefficient (Wildman–Crippen LogP) is 1.26. The van der Waals surface area contributed by atoms with E-state index in [1.54, 1.807) is 24.8 Å². The van der Waals surface area contributed by atoms with Crippen LogP contribution in [0.25, 0.3) is 0 Å². The van der Waals surface area contributed by atoms with Gasteiger partial charge < -0.3 is 15.2 Å². The van der Waals surface area contributed by atoms with Crippen LogP contribution in [0.3, 0.4) is 0 Å². The van der Waals surface area contributed by atoms with Gasteiger partial charge in [-0.15, -0.1) is 0 Å². The lowest BCUT2D eigenvalue weighted by molar-refractivity contribution is -0.126. The van der Waals surface area contributed by atoms with E-state index in [0.29, 0.717) is 24.3 Å². The molecule has 1 aromatic carbocycles. The van der Waals surface area contributed by atoms with Crippen molar-refractivity contribution in [2.75, 3.05) is 11.9 Å². The largest absolute Gasteiger partial charge is 0.354 e. The van der Waals surface area contributed by atoms with Crippen LogP contribution >= 0.6 is 0 Å². The molecular formula is C15H15FN4O2. The first kappa shape index (κ1) is 14.2. The second kappa shape index (κ2) is 5.97. The summed E-state index contributed by atoms with van der Waals surface area (Å²) < 4.78 is 15.1. The molecule has 0 saturated carbocycles. The zero-order chi connectivity index (χ0) is 15.5. The van der Waals surface area contributed by atoms with E-state index in [1.807, 2.05) is 4.57 Å². The molecule has 114 valence electrons. The zero-order valence-corrected chi connectivity index (χ0v) is 11.8. The van der Waals surface area contributed by atoms with Gasteiger partial charge in [0.25, 0.3) is 0 Å². The number of halogens is 1. The first-order chi connectivity index (χ1) is 10.6. The maximum atomic E-state index is 13.2. The highest BCUT2D eigenvalue weighted by atomic mass is 19.1. The number of hydrogen-bond acceptors (Lipinski definition) is 3. The van der Waals surface area contributed by atoms with Gasteiger partial charge in [-0.2, -0.15) is 0 Å². The van der Waals surface area contributed by atoms with E-state index in [0.717, 1.165) is 0 Å². The highest BCUT2D eigenvalue weighted by Gasteiger charge is 2.30. The third-order valence-electron chi connectivity index (χ3n) is 3.60. The van der Waals surface area contributed by atoms with E-state index >= 15 is 0 Å². The Kier molecular flexibility index (Phi) is 3.86. The van der Waals surface area contributed by atoms with Crippen molar-refractivity contribution in [2.45, 2.75) is 18.9 Å². The van der Waals surface area contributed by atoms with Gasteiger partial charge in [0.2, 0.25) is 11.8 Å². The molecule has 3 rings (SSSR count). The fraction of sp³-hybridized carbons (Fsp3) is 0.267. The van der Waals surface area contributed by atoms with Gasteiger partial charge in [0, 0.05) is 37.6 Å². The van der Waals surface area contributed by atoms with Crippen LogP contribution in [0.1, 0.15) is 17.9 Å². The summed E-state index contributed by atoms with van der Waals surface area (Å²) in [6.45, 7) is 1.03. The van der Waals surface area contributed by atoms with Gasteiger partial charge in [-0.25, -0.2) is 9.37 Å². The summed E-state index contributed by atoms with van der Waals surface area (Å²) in [6, 6.07) is 4.07. The number of rotatable bonds is 4. The Bertz CT molecular complexity index is 700. The van der Waals surface area contributed by atoms with Gasteiger partial charge in [-0.1, -0.05) is 6.07 Å². The van der Waals surface area contributed by atoms with Crippen LogP contribution in [0.2, 0.25) is 0 Å². The van der Waals surface area contributed by atoms with E-state index < -0.39 is 11.7 Å². The maximum Gasteiger partial charge on any atom is 0.228 e. The van der Waals surface area contributed by atoms with Gasteiger partial charge in [0.1, 0.15) is 5.82 Å². The van der Waals surface area contributed by atoms with Crippen LogP contribution in [0.5, 0.6) is 0 Å². The summed E-state index contributed by atoms with van der Waals surface area (Å²) in [7, 11) is 0. The number of carbonyl (C=O) groups is 2. The smallest absolute Gasteiger partial charge is 0.228 e. The molecule has 7 heteroatoms. The monoisotopic (exact) mass is 302 g/mol. The van der Waals surface area contributed by atoms with Gasteiger partial charge in [-0.05, 0) is 17.7 Å². The third kappa shape index (κ3) is 2.98. The van der Waals surface area contributed by atoms with Gasteiger partial charge in [0.15, 0.2) is 0 Å². The quantitative estimate of drug-likeness (QED) is 0.893. The van der Waals surface area contributed by atoms with Gasteiger partial charge >= 0.3 is 0 Å². The molecule has 0 saturated heterocycles. The normalized spacial score (nSPS) is 16.8. The van der Waals surface area contributed by atoms with Crippen LogP contribution in [0.15, 0.2) is 36.9 Å². The molecule has 2 aromatic rings. The average molecular weight is 302 g/mol. The molecule has 1 atom stereocenters. The number of carbonyl (C=O) groups excluding carboxylic acids is 2. The summed E-state index contributed by atoms with van der Waals surface area (Å²) in [5, 5.41) is 5.40. The van der Waals surface area contributed by atoms with Crippen LogP contribution in [0, 0.1) is 5.82 Å². The van der Waals surface area contributed by atoms with Crippen molar-refractivity contribution in [2.24, 2.45) is 0 Å². The second-order valence-corrected chi connectivity index (χ2v) is 5.13. The van der Waals surface area contributed by atoms with Crippen molar-refractivity contribution < 1.29 is 14.0 Å². The molecule has 0 radical (unpaired) electrons. The lowest BCUT2D eigenvalue weighted by Crippen LogP contribution is -2.36. The minimum absolute atomic E-state index is 0.0650. The second-order valence-electron chi connectivity index (χ2n) is 5.13. The highest BCUT2D eigenvalue weighted by Crippen LogP contribution is 2.32. The standard InChI is InChI=1S/C15H15FN4O2/c16-10-1-2-11-12(8-14(21)19-13(11)7-10)15(22)18-4-6-20-5-3-17-9-20/h1-3,5,7,9,12H,4,6,8H2,(H,18,22)(H,19,21). The number of amides is 2. The average Bonchev–Trinajstić information content (AvgIpc) is 2.99. The minimum atomic E-state index is -0.591. The van der Waals surface area contributed by atoms with E-state index in [-0.39, 0.29) is 18.2 Å². The molecule has 1 aliphatic heterocycles. The zero-order valence-electron chi connectivity index (χ0n) is 11.8. The molecule has 0 aliphatic carbocycles. The van der Waals surface area contributed by atoms with Crippen LogP contribution in [0.4, 0.5) is 10.1 Å². The topological polar surface area (TPSA) is 76.0 Å². The molecule has 22 heavy (non-hydrogen) atoms. The van der Waals surface area contributed by atoms with Crippen molar-refractivity contribution in [1.29, 1.82) is 0 Å². The van der Waals surface area contributed by atoms with Crippen molar-refractivity contribution in [3.05, 3.63) is 48.3 Å². The Hall–Kier alpha value is -2.70. The van der Waals surface area contributed by atoms with Crippen LogP contribution in [-0.2, 0) is 16.1 Å². The number of nitrogens with one attached hydrogen (secondary N) is 2. The van der Waals surface area contributed by atoms with Gasteiger partial charge in [0.05, 0.1) is 12.2 Å². The minimum Gasteiger partial charge on any atom is -0.354 e. The summed E-state index contributed by atoms with van der Waals surface area (Å²) in [6.07, 6.45) is 5.20. The first-order valence-electron chi connectivity index (χ1n) is 6.96. The van der Waals surface area contributed by atoms with Crippen molar-refractivity contribution in [1.82, 2.24) is 14.9 Å². The molecule has 0 bridgehead atoms. The third-order valence-corrected chi connectivity index (χ3v) is 3.60. The molecule has 0 fully saturated rings. The van der Waals surface area contributed by atoms with Crippen LogP contribution < -0.4 is 10.6 Å². The Morgan fingerprint density at radius 2 is 2.36 bits per heavy atom. The Labute approximate surface area is 126 Å². The molecule has 1 aromatic heterocycles. The maximum absolute atomic E-state index is 13.2. The van der Waals surface area contributed by atoms with Crippen molar-refractivity contribution >= 4 is 17.5 Å². The number of anilines is 1. The summed E-state index contributed by atoms with van der Waals surface area (Å²) in [5.41, 5.74) is 1.01. The fourth-order valence-electron chi connectivity index (χ4n) is 2.52. The molecule has 2 heterocycles. The summed E-state index contributed by atoms with van der Waals surface area (Å²) >= 11 is 0. The molecule has 1 unspecified atom stereocenters. The van der Waals surface area contributed by atoms with E-state index in [4.69, 9.17) is 0 Å². The van der Waals surface area contributed by atoms with Crippen molar-refractivity contribution in [3.8, 4) is 0 Å². The Morgan fingerprint density at radius 1 is 1.50 bits per heavy atom. The number of nitrogens with zero attached hydrogens (tertiary/aromatic N) is 2. The Morgan fingerprint density at radius 3 is 3.14 bits per heavy atom. The van der Waals surface area contributed by atoms with Gasteiger partial charge in [-0.3, -0.25) is 9.59 Å². The SMILES string of the molecule is O=C1CC(C(=O)NCCn2ccnc2)c2ccc(F)cc2N1. The Balaban J connectivity index is 1.68. The summed E-state index contributed by atoms with van der Waals surface area (Å²) in [5.74, 6) is -1.55. The molecule has 2 amide bonds. The highest BCUT2D eigenvalue weighted by molar-refractivity contribution is 6.01. The predicted molar refractivity (Wildman–Crippen MR) is 77.6 cm³/mol. The lowest BCUT2D eigenvalue weighted by atomic mass is 9.89. The number of imidazole rings is 1. The molecule has 6 nitrogen and oxygen atoms in total. The lowest BCUT2D eigenvalue weighted by Gasteiger charge is -2.24. The summed E-state index contributed by atoms with van der Waals surface area (Å²) in [4.78, 5) is 27.9. The van der Waals surface area contributed by atoms with E-state index in [9.17, 15) is 14.0 Å². The molecule has 1 aliphatic rings. The number of aromatic nitrogens is 2. The van der Waals surface area contributed by atoms with Crippen molar-refractivity contribution in [3.63, 3.8) is 0 Å². The number of fused-ring (bicyclic) bond motifs is 1. The first-order valence-corrected chi connectivity index (χ1v) is 6.96. The molecule has 0 spiro atoms.